The first-order valence-electron chi connectivity index (χ1n) is 6.95. The molecule has 1 aromatic heterocycles. The number of ether oxygens (including phenoxy) is 1. The average molecular weight is 293 g/mol. The van der Waals surface area contributed by atoms with Gasteiger partial charge in [0.2, 0.25) is 11.7 Å². The van der Waals surface area contributed by atoms with E-state index >= 15 is 0 Å². The average Bonchev–Trinajstić information content (AvgIpc) is 2.86. The minimum atomic E-state index is -0.416. The largest absolute Gasteiger partial charge is 0.482 e. The molecule has 0 aliphatic rings. The van der Waals surface area contributed by atoms with E-state index in [0.29, 0.717) is 18.1 Å². The molecule has 0 bridgehead atoms. The highest BCUT2D eigenvalue weighted by molar-refractivity contribution is 5.35. The van der Waals surface area contributed by atoms with E-state index in [2.05, 4.69) is 10.1 Å². The second kappa shape index (κ2) is 6.67. The van der Waals surface area contributed by atoms with Crippen molar-refractivity contribution in [3.05, 3.63) is 41.3 Å². The van der Waals surface area contributed by atoms with Crippen molar-refractivity contribution in [3.8, 4) is 5.75 Å². The Morgan fingerprint density at radius 1 is 1.33 bits per heavy atom. The SMILES string of the molecule is CC(N)Cc1cccc(F)c1OCc1noc(C(C)C)n1. The van der Waals surface area contributed by atoms with Crippen LogP contribution < -0.4 is 10.5 Å². The van der Waals surface area contributed by atoms with E-state index in [0.717, 1.165) is 5.56 Å². The molecule has 0 aliphatic heterocycles. The van der Waals surface area contributed by atoms with Crippen LogP contribution in [0.3, 0.4) is 0 Å². The number of nitrogens with zero attached hydrogens (tertiary/aromatic N) is 2. The lowest BCUT2D eigenvalue weighted by atomic mass is 10.1. The van der Waals surface area contributed by atoms with Gasteiger partial charge in [0.25, 0.3) is 0 Å². The summed E-state index contributed by atoms with van der Waals surface area (Å²) in [4.78, 5) is 4.20. The molecule has 0 saturated heterocycles. The summed E-state index contributed by atoms with van der Waals surface area (Å²) in [5.74, 6) is 0.867. The summed E-state index contributed by atoms with van der Waals surface area (Å²) in [5, 5.41) is 3.81. The normalized spacial score (nSPS) is 12.7. The van der Waals surface area contributed by atoms with E-state index in [-0.39, 0.29) is 24.3 Å². The number of hydrogen-bond acceptors (Lipinski definition) is 5. The molecule has 0 fully saturated rings. The minimum absolute atomic E-state index is 0.0586. The summed E-state index contributed by atoms with van der Waals surface area (Å²) in [7, 11) is 0. The Morgan fingerprint density at radius 3 is 2.71 bits per heavy atom. The maximum absolute atomic E-state index is 13.9. The van der Waals surface area contributed by atoms with Crippen molar-refractivity contribution in [1.82, 2.24) is 10.1 Å². The Hall–Kier alpha value is -1.95. The molecule has 114 valence electrons. The topological polar surface area (TPSA) is 74.2 Å². The van der Waals surface area contributed by atoms with E-state index in [4.69, 9.17) is 15.0 Å². The van der Waals surface area contributed by atoms with E-state index in [1.165, 1.54) is 6.07 Å². The van der Waals surface area contributed by atoms with Crippen molar-refractivity contribution >= 4 is 0 Å². The third-order valence-electron chi connectivity index (χ3n) is 2.91. The predicted octanol–water partition coefficient (Wildman–Crippen LogP) is 2.80. The highest BCUT2D eigenvalue weighted by atomic mass is 19.1. The minimum Gasteiger partial charge on any atom is -0.482 e. The van der Waals surface area contributed by atoms with Crippen molar-refractivity contribution in [2.24, 2.45) is 5.73 Å². The second-order valence-corrected chi connectivity index (χ2v) is 5.40. The molecule has 1 heterocycles. The molecule has 0 saturated carbocycles. The number of aromatic nitrogens is 2. The van der Waals surface area contributed by atoms with Crippen molar-refractivity contribution < 1.29 is 13.7 Å². The van der Waals surface area contributed by atoms with Gasteiger partial charge < -0.3 is 15.0 Å². The molecule has 1 atom stereocenters. The maximum Gasteiger partial charge on any atom is 0.229 e. The summed E-state index contributed by atoms with van der Waals surface area (Å²) in [6, 6.07) is 4.73. The molecule has 5 nitrogen and oxygen atoms in total. The number of para-hydroxylation sites is 1. The molecule has 2 aromatic rings. The first kappa shape index (κ1) is 15.4. The standard InChI is InChI=1S/C15H20FN3O2/c1-9(2)15-18-13(19-21-15)8-20-14-11(7-10(3)17)5-4-6-12(14)16/h4-6,9-10H,7-8,17H2,1-3H3. The molecule has 6 heteroatoms. The zero-order chi connectivity index (χ0) is 15.4. The van der Waals surface area contributed by atoms with Crippen LogP contribution in [0.2, 0.25) is 0 Å². The number of rotatable bonds is 6. The van der Waals surface area contributed by atoms with Crippen LogP contribution in [0.25, 0.3) is 0 Å². The van der Waals surface area contributed by atoms with Gasteiger partial charge in [-0.3, -0.25) is 0 Å². The van der Waals surface area contributed by atoms with Gasteiger partial charge >= 0.3 is 0 Å². The van der Waals surface area contributed by atoms with E-state index in [1.807, 2.05) is 20.8 Å². The fourth-order valence-electron chi connectivity index (χ4n) is 1.92. The van der Waals surface area contributed by atoms with Crippen LogP contribution in [0.4, 0.5) is 4.39 Å². The predicted molar refractivity (Wildman–Crippen MR) is 76.5 cm³/mol. The summed E-state index contributed by atoms with van der Waals surface area (Å²) in [6.07, 6.45) is 0.538. The van der Waals surface area contributed by atoms with Gasteiger partial charge in [-0.25, -0.2) is 4.39 Å². The van der Waals surface area contributed by atoms with Crippen molar-refractivity contribution in [3.63, 3.8) is 0 Å². The number of nitrogens with two attached hydrogens (primary N) is 1. The van der Waals surface area contributed by atoms with Crippen molar-refractivity contribution in [2.45, 2.75) is 45.8 Å². The third kappa shape index (κ3) is 4.01. The fraction of sp³-hybridized carbons (Fsp3) is 0.467. The first-order chi connectivity index (χ1) is 9.97. The van der Waals surface area contributed by atoms with E-state index in [1.54, 1.807) is 12.1 Å². The van der Waals surface area contributed by atoms with Crippen molar-refractivity contribution in [1.29, 1.82) is 0 Å². The number of halogens is 1. The molecule has 0 aliphatic carbocycles. The van der Waals surface area contributed by atoms with Gasteiger partial charge in [-0.2, -0.15) is 4.98 Å². The Labute approximate surface area is 123 Å². The van der Waals surface area contributed by atoms with Gasteiger partial charge in [0.05, 0.1) is 0 Å². The maximum atomic E-state index is 13.9. The quantitative estimate of drug-likeness (QED) is 0.886. The molecule has 1 aromatic carbocycles. The second-order valence-electron chi connectivity index (χ2n) is 5.40. The fourth-order valence-corrected chi connectivity index (χ4v) is 1.92. The molecule has 0 spiro atoms. The summed E-state index contributed by atoms with van der Waals surface area (Å²) >= 11 is 0. The highest BCUT2D eigenvalue weighted by Gasteiger charge is 2.14. The number of benzene rings is 1. The summed E-state index contributed by atoms with van der Waals surface area (Å²) in [6.45, 7) is 5.83. The van der Waals surface area contributed by atoms with Crippen LogP contribution in [-0.4, -0.2) is 16.2 Å². The smallest absolute Gasteiger partial charge is 0.229 e. The summed E-state index contributed by atoms with van der Waals surface area (Å²) in [5.41, 5.74) is 6.50. The molecular weight excluding hydrogens is 273 g/mol. The third-order valence-corrected chi connectivity index (χ3v) is 2.91. The van der Waals surface area contributed by atoms with E-state index < -0.39 is 5.82 Å². The van der Waals surface area contributed by atoms with Gasteiger partial charge in [0.1, 0.15) is 0 Å². The first-order valence-corrected chi connectivity index (χ1v) is 6.95. The molecule has 0 amide bonds. The Kier molecular flexibility index (Phi) is 4.90. The Bertz CT molecular complexity index is 596. The van der Waals surface area contributed by atoms with Crippen LogP contribution in [0.5, 0.6) is 5.75 Å². The van der Waals surface area contributed by atoms with Crippen LogP contribution in [0.1, 0.15) is 44.0 Å². The van der Waals surface area contributed by atoms with Gasteiger partial charge in [-0.05, 0) is 25.0 Å². The highest BCUT2D eigenvalue weighted by Crippen LogP contribution is 2.24. The van der Waals surface area contributed by atoms with Crippen LogP contribution in [-0.2, 0) is 13.0 Å². The monoisotopic (exact) mass is 293 g/mol. The zero-order valence-electron chi connectivity index (χ0n) is 12.5. The van der Waals surface area contributed by atoms with Crippen LogP contribution >= 0.6 is 0 Å². The van der Waals surface area contributed by atoms with Gasteiger partial charge in [0.15, 0.2) is 18.2 Å². The lowest BCUT2D eigenvalue weighted by Crippen LogP contribution is -2.18. The zero-order valence-corrected chi connectivity index (χ0v) is 12.5. The molecule has 0 radical (unpaired) electrons. The van der Waals surface area contributed by atoms with Crippen LogP contribution in [0.15, 0.2) is 22.7 Å². The Balaban J connectivity index is 2.11. The van der Waals surface area contributed by atoms with E-state index in [9.17, 15) is 4.39 Å². The van der Waals surface area contributed by atoms with Gasteiger partial charge in [-0.15, -0.1) is 0 Å². The lowest BCUT2D eigenvalue weighted by Gasteiger charge is -2.12. The van der Waals surface area contributed by atoms with Gasteiger partial charge in [0, 0.05) is 12.0 Å². The van der Waals surface area contributed by atoms with Crippen LogP contribution in [0, 0.1) is 5.82 Å². The van der Waals surface area contributed by atoms with Gasteiger partial charge in [-0.1, -0.05) is 31.1 Å². The Morgan fingerprint density at radius 2 is 2.10 bits per heavy atom. The molecule has 2 rings (SSSR count). The lowest BCUT2D eigenvalue weighted by molar-refractivity contribution is 0.269. The summed E-state index contributed by atoms with van der Waals surface area (Å²) < 4.78 is 24.5. The molecule has 21 heavy (non-hydrogen) atoms. The van der Waals surface area contributed by atoms with Crippen molar-refractivity contribution in [2.75, 3.05) is 0 Å². The molecule has 1 unspecified atom stereocenters. The number of hydrogen-bond donors (Lipinski definition) is 1. The molecular formula is C15H20FN3O2. The molecule has 2 N–H and O–H groups in total.